The number of benzene rings is 4. The van der Waals surface area contributed by atoms with Crippen molar-refractivity contribution in [3.05, 3.63) is 148 Å². The largest absolute Gasteiger partial charge is 0.374 e. The lowest BCUT2D eigenvalue weighted by Gasteiger charge is -2.36. The second-order valence-electron chi connectivity index (χ2n) is 10.1. The van der Waals surface area contributed by atoms with E-state index in [9.17, 15) is 0 Å². The van der Waals surface area contributed by atoms with Crippen LogP contribution in [0.4, 0.5) is 0 Å². The molecule has 4 heteroatoms. The predicted molar refractivity (Wildman–Crippen MR) is 159 cm³/mol. The smallest absolute Gasteiger partial charge is 0.0854 e. The van der Waals surface area contributed by atoms with Crippen LogP contribution in [0.25, 0.3) is 6.08 Å². The molecule has 0 bridgehead atoms. The Bertz CT molecular complexity index is 1320. The molecule has 4 aromatic rings. The lowest BCUT2D eigenvalue weighted by atomic mass is 9.93. The van der Waals surface area contributed by atoms with Gasteiger partial charge in [-0.05, 0) is 45.9 Å². The van der Waals surface area contributed by atoms with Gasteiger partial charge in [0, 0.05) is 17.9 Å². The standard InChI is InChI=1S/C35H35ClO3/c1-2-26-13-15-27(16-14-26)19-31-20-30(17-18-34(31)36)35-22-32(38-24-29-11-7-4-8-12-29)21-33(39-35)25-37-23-28-9-5-3-6-10-28/h2-18,20,32-33,35H,1,19,21-25H2. The van der Waals surface area contributed by atoms with Gasteiger partial charge in [0.05, 0.1) is 38.1 Å². The van der Waals surface area contributed by atoms with Gasteiger partial charge in [-0.25, -0.2) is 0 Å². The average Bonchev–Trinajstić information content (AvgIpc) is 2.98. The summed E-state index contributed by atoms with van der Waals surface area (Å²) in [7, 11) is 0. The minimum atomic E-state index is -0.0935. The van der Waals surface area contributed by atoms with Crippen molar-refractivity contribution in [1.29, 1.82) is 0 Å². The van der Waals surface area contributed by atoms with Gasteiger partial charge in [-0.1, -0.05) is 121 Å². The van der Waals surface area contributed by atoms with E-state index >= 15 is 0 Å². The van der Waals surface area contributed by atoms with Crippen molar-refractivity contribution in [3.8, 4) is 0 Å². The Hall–Kier alpha value is -3.21. The second kappa shape index (κ2) is 13.7. The van der Waals surface area contributed by atoms with E-state index in [1.165, 1.54) is 11.1 Å². The Kier molecular flexibility index (Phi) is 9.63. The molecule has 1 saturated heterocycles. The highest BCUT2D eigenvalue weighted by atomic mass is 35.5. The summed E-state index contributed by atoms with van der Waals surface area (Å²) in [5, 5.41) is 0.766. The first-order valence-corrected chi connectivity index (χ1v) is 14.0. The van der Waals surface area contributed by atoms with Crippen molar-refractivity contribution in [2.24, 2.45) is 0 Å². The van der Waals surface area contributed by atoms with Crippen molar-refractivity contribution in [3.63, 3.8) is 0 Å². The van der Waals surface area contributed by atoms with E-state index in [0.29, 0.717) is 19.8 Å². The van der Waals surface area contributed by atoms with Crippen molar-refractivity contribution in [1.82, 2.24) is 0 Å². The second-order valence-corrected chi connectivity index (χ2v) is 10.5. The highest BCUT2D eigenvalue weighted by Crippen LogP contribution is 2.35. The number of halogens is 1. The Morgan fingerprint density at radius 3 is 2.18 bits per heavy atom. The molecule has 0 N–H and O–H groups in total. The van der Waals surface area contributed by atoms with Crippen molar-refractivity contribution in [2.45, 2.75) is 50.8 Å². The molecule has 39 heavy (non-hydrogen) atoms. The fourth-order valence-electron chi connectivity index (χ4n) is 5.02. The molecule has 3 nitrogen and oxygen atoms in total. The van der Waals surface area contributed by atoms with E-state index in [2.05, 4.69) is 67.2 Å². The first kappa shape index (κ1) is 27.4. The van der Waals surface area contributed by atoms with Crippen molar-refractivity contribution < 1.29 is 14.2 Å². The zero-order valence-corrected chi connectivity index (χ0v) is 22.9. The van der Waals surface area contributed by atoms with Crippen LogP contribution in [0.3, 0.4) is 0 Å². The molecule has 0 amide bonds. The molecule has 1 fully saturated rings. The number of ether oxygens (including phenoxy) is 3. The van der Waals surface area contributed by atoms with Gasteiger partial charge in [0.2, 0.25) is 0 Å². The van der Waals surface area contributed by atoms with Gasteiger partial charge in [-0.15, -0.1) is 0 Å². The summed E-state index contributed by atoms with van der Waals surface area (Å²) in [5.74, 6) is 0. The summed E-state index contributed by atoms with van der Waals surface area (Å²) >= 11 is 6.64. The third-order valence-corrected chi connectivity index (χ3v) is 7.52. The maximum atomic E-state index is 6.64. The lowest BCUT2D eigenvalue weighted by molar-refractivity contribution is -0.142. The van der Waals surface area contributed by atoms with Gasteiger partial charge in [0.15, 0.2) is 0 Å². The third-order valence-electron chi connectivity index (χ3n) is 7.15. The Morgan fingerprint density at radius 1 is 0.795 bits per heavy atom. The summed E-state index contributed by atoms with van der Waals surface area (Å²) in [6, 6.07) is 35.3. The molecule has 0 aliphatic carbocycles. The molecule has 0 spiro atoms. The Balaban J connectivity index is 1.29. The van der Waals surface area contributed by atoms with Crippen LogP contribution in [0, 0.1) is 0 Å². The molecule has 1 aliphatic rings. The predicted octanol–water partition coefficient (Wildman–Crippen LogP) is 8.60. The van der Waals surface area contributed by atoms with Crippen LogP contribution in [-0.4, -0.2) is 18.8 Å². The van der Waals surface area contributed by atoms with Gasteiger partial charge >= 0.3 is 0 Å². The summed E-state index contributed by atoms with van der Waals surface area (Å²) < 4.78 is 19.1. The molecule has 1 aliphatic heterocycles. The zero-order valence-electron chi connectivity index (χ0n) is 22.2. The van der Waals surface area contributed by atoms with Gasteiger partial charge in [-0.2, -0.15) is 0 Å². The maximum absolute atomic E-state index is 6.64. The molecule has 0 radical (unpaired) electrons. The first-order valence-electron chi connectivity index (χ1n) is 13.6. The van der Waals surface area contributed by atoms with Gasteiger partial charge in [-0.3, -0.25) is 0 Å². The molecule has 200 valence electrons. The number of hydrogen-bond donors (Lipinski definition) is 0. The highest BCUT2D eigenvalue weighted by Gasteiger charge is 2.31. The monoisotopic (exact) mass is 538 g/mol. The summed E-state index contributed by atoms with van der Waals surface area (Å²) in [6.45, 7) is 5.52. The Morgan fingerprint density at radius 2 is 1.49 bits per heavy atom. The van der Waals surface area contributed by atoms with Crippen LogP contribution in [0.15, 0.2) is 110 Å². The molecule has 0 saturated carbocycles. The summed E-state index contributed by atoms with van der Waals surface area (Å²) in [4.78, 5) is 0. The fraction of sp³-hybridized carbons (Fsp3) is 0.257. The van der Waals surface area contributed by atoms with Crippen molar-refractivity contribution in [2.75, 3.05) is 6.61 Å². The van der Waals surface area contributed by atoms with Gasteiger partial charge in [0.25, 0.3) is 0 Å². The third kappa shape index (κ3) is 7.90. The quantitative estimate of drug-likeness (QED) is 0.191. The van der Waals surface area contributed by atoms with Crippen molar-refractivity contribution >= 4 is 17.7 Å². The minimum absolute atomic E-state index is 0.0567. The van der Waals surface area contributed by atoms with Gasteiger partial charge in [0.1, 0.15) is 0 Å². The number of rotatable bonds is 11. The zero-order chi connectivity index (χ0) is 26.9. The molecule has 5 rings (SSSR count). The lowest BCUT2D eigenvalue weighted by Crippen LogP contribution is -2.35. The molecular formula is C35H35ClO3. The molecule has 3 atom stereocenters. The molecule has 1 heterocycles. The van der Waals surface area contributed by atoms with E-state index in [4.69, 9.17) is 25.8 Å². The van der Waals surface area contributed by atoms with Gasteiger partial charge < -0.3 is 14.2 Å². The van der Waals surface area contributed by atoms with Crippen LogP contribution >= 0.6 is 11.6 Å². The van der Waals surface area contributed by atoms with Crippen LogP contribution in [0.2, 0.25) is 5.02 Å². The van der Waals surface area contributed by atoms with E-state index < -0.39 is 0 Å². The highest BCUT2D eigenvalue weighted by molar-refractivity contribution is 6.31. The fourth-order valence-corrected chi connectivity index (χ4v) is 5.21. The molecule has 0 aromatic heterocycles. The molecular weight excluding hydrogens is 504 g/mol. The molecule has 4 aromatic carbocycles. The average molecular weight is 539 g/mol. The first-order chi connectivity index (χ1) is 19.2. The van der Waals surface area contributed by atoms with Crippen LogP contribution in [0.1, 0.15) is 52.3 Å². The van der Waals surface area contributed by atoms with Crippen LogP contribution in [-0.2, 0) is 33.8 Å². The van der Waals surface area contributed by atoms with Crippen LogP contribution < -0.4 is 0 Å². The normalized spacial score (nSPS) is 19.1. The number of hydrogen-bond acceptors (Lipinski definition) is 3. The van der Waals surface area contributed by atoms with E-state index in [1.807, 2.05) is 48.5 Å². The SMILES string of the molecule is C=Cc1ccc(Cc2cc(C3CC(OCc4ccccc4)CC(COCc4ccccc4)O3)ccc2Cl)cc1. The van der Waals surface area contributed by atoms with Crippen LogP contribution in [0.5, 0.6) is 0 Å². The Labute approximate surface area is 237 Å². The van der Waals surface area contributed by atoms with E-state index in [0.717, 1.165) is 46.5 Å². The van der Waals surface area contributed by atoms with E-state index in [-0.39, 0.29) is 18.3 Å². The summed E-state index contributed by atoms with van der Waals surface area (Å²) in [6.07, 6.45) is 4.12. The minimum Gasteiger partial charge on any atom is -0.374 e. The summed E-state index contributed by atoms with van der Waals surface area (Å²) in [5.41, 5.74) is 6.86. The van der Waals surface area contributed by atoms with E-state index in [1.54, 1.807) is 0 Å². The molecule has 3 unspecified atom stereocenters. The topological polar surface area (TPSA) is 27.7 Å². The maximum Gasteiger partial charge on any atom is 0.0854 e.